The van der Waals surface area contributed by atoms with E-state index in [1.165, 1.54) is 38.8 Å². The van der Waals surface area contributed by atoms with Crippen LogP contribution in [-0.4, -0.2) is 24.0 Å². The molecule has 0 spiro atoms. The highest BCUT2D eigenvalue weighted by Gasteiger charge is 2.17. The predicted octanol–water partition coefficient (Wildman–Crippen LogP) is 3.93. The molecule has 0 bridgehead atoms. The van der Waals surface area contributed by atoms with Crippen LogP contribution in [0.2, 0.25) is 0 Å². The van der Waals surface area contributed by atoms with Gasteiger partial charge in [-0.05, 0) is 39.2 Å². The van der Waals surface area contributed by atoms with Gasteiger partial charge in [-0.15, -0.1) is 0 Å². The zero-order valence-electron chi connectivity index (χ0n) is 10.8. The van der Waals surface area contributed by atoms with Crippen molar-refractivity contribution in [3.8, 4) is 0 Å². The molecule has 0 aromatic carbocycles. The SMILES string of the molecule is CC.CCC1CCCCN(C(C)C)C1. The fourth-order valence-electron chi connectivity index (χ4n) is 2.06. The Morgan fingerprint density at radius 3 is 2.36 bits per heavy atom. The van der Waals surface area contributed by atoms with Crippen LogP contribution in [-0.2, 0) is 0 Å². The van der Waals surface area contributed by atoms with Crippen LogP contribution in [0.15, 0.2) is 0 Å². The number of rotatable bonds is 2. The van der Waals surface area contributed by atoms with Crippen molar-refractivity contribution in [1.82, 2.24) is 4.90 Å². The van der Waals surface area contributed by atoms with Gasteiger partial charge in [0, 0.05) is 12.6 Å². The van der Waals surface area contributed by atoms with Crippen LogP contribution in [0, 0.1) is 5.92 Å². The molecule has 0 aromatic heterocycles. The normalized spacial score (nSPS) is 24.0. The van der Waals surface area contributed by atoms with Gasteiger partial charge in [0.2, 0.25) is 0 Å². The Bertz CT molecular complexity index is 120. The monoisotopic (exact) mass is 199 g/mol. The molecule has 1 fully saturated rings. The summed E-state index contributed by atoms with van der Waals surface area (Å²) in [5.74, 6) is 0.967. The van der Waals surface area contributed by atoms with E-state index >= 15 is 0 Å². The largest absolute Gasteiger partial charge is 0.301 e. The molecule has 1 atom stereocenters. The molecule has 1 unspecified atom stereocenters. The maximum atomic E-state index is 2.64. The first-order valence-electron chi connectivity index (χ1n) is 6.48. The molecule has 86 valence electrons. The molecule has 1 aliphatic rings. The third kappa shape index (κ3) is 4.99. The average Bonchev–Trinajstić information content (AvgIpc) is 2.45. The van der Waals surface area contributed by atoms with E-state index in [2.05, 4.69) is 25.7 Å². The molecule has 1 aliphatic heterocycles. The summed E-state index contributed by atoms with van der Waals surface area (Å²) in [7, 11) is 0. The van der Waals surface area contributed by atoms with E-state index in [4.69, 9.17) is 0 Å². The minimum Gasteiger partial charge on any atom is -0.301 e. The first-order chi connectivity index (χ1) is 6.74. The topological polar surface area (TPSA) is 3.24 Å². The predicted molar refractivity (Wildman–Crippen MR) is 65.7 cm³/mol. The first kappa shape index (κ1) is 14.0. The Kier molecular flexibility index (Phi) is 8.26. The minimum absolute atomic E-state index is 0.747. The lowest BCUT2D eigenvalue weighted by molar-refractivity contribution is 0.200. The Labute approximate surface area is 90.9 Å². The van der Waals surface area contributed by atoms with Crippen molar-refractivity contribution in [3.63, 3.8) is 0 Å². The van der Waals surface area contributed by atoms with Crippen molar-refractivity contribution in [2.45, 2.75) is 66.3 Å². The highest BCUT2D eigenvalue weighted by molar-refractivity contribution is 4.72. The van der Waals surface area contributed by atoms with Crippen LogP contribution in [0.5, 0.6) is 0 Å². The Morgan fingerprint density at radius 2 is 1.86 bits per heavy atom. The van der Waals surface area contributed by atoms with E-state index in [9.17, 15) is 0 Å². The van der Waals surface area contributed by atoms with E-state index in [-0.39, 0.29) is 0 Å². The molecule has 0 amide bonds. The van der Waals surface area contributed by atoms with Crippen molar-refractivity contribution in [2.24, 2.45) is 5.92 Å². The second kappa shape index (κ2) is 8.28. The molecule has 0 N–H and O–H groups in total. The van der Waals surface area contributed by atoms with Crippen molar-refractivity contribution < 1.29 is 0 Å². The Morgan fingerprint density at radius 1 is 1.21 bits per heavy atom. The molecule has 1 nitrogen and oxygen atoms in total. The molecule has 1 saturated heterocycles. The molecule has 1 rings (SSSR count). The Hall–Kier alpha value is -0.0400. The van der Waals surface area contributed by atoms with Crippen LogP contribution in [0.1, 0.15) is 60.3 Å². The standard InChI is InChI=1S/C11H23N.C2H6/c1-4-11-7-5-6-8-12(9-11)10(2)3;1-2/h10-11H,4-9H2,1-3H3;1-2H3. The quantitative estimate of drug-likeness (QED) is 0.651. The van der Waals surface area contributed by atoms with Gasteiger partial charge in [0.15, 0.2) is 0 Å². The van der Waals surface area contributed by atoms with E-state index in [1.807, 2.05) is 13.8 Å². The third-order valence-electron chi connectivity index (χ3n) is 3.11. The molecule has 0 saturated carbocycles. The maximum absolute atomic E-state index is 2.64. The summed E-state index contributed by atoms with van der Waals surface area (Å²) in [6.45, 7) is 13.6. The average molecular weight is 199 g/mol. The van der Waals surface area contributed by atoms with Gasteiger partial charge in [-0.25, -0.2) is 0 Å². The maximum Gasteiger partial charge on any atom is 0.00387 e. The van der Waals surface area contributed by atoms with Crippen molar-refractivity contribution in [1.29, 1.82) is 0 Å². The van der Waals surface area contributed by atoms with Crippen LogP contribution in [0.25, 0.3) is 0 Å². The summed E-state index contributed by atoms with van der Waals surface area (Å²) < 4.78 is 0. The smallest absolute Gasteiger partial charge is 0.00387 e. The third-order valence-corrected chi connectivity index (χ3v) is 3.11. The van der Waals surface area contributed by atoms with E-state index < -0.39 is 0 Å². The summed E-state index contributed by atoms with van der Waals surface area (Å²) in [4.78, 5) is 2.64. The van der Waals surface area contributed by atoms with Gasteiger partial charge < -0.3 is 4.90 Å². The molecule has 1 heteroatoms. The zero-order chi connectivity index (χ0) is 11.0. The lowest BCUT2D eigenvalue weighted by Gasteiger charge is -2.27. The molecule has 0 aromatic rings. The molecular formula is C13H29N. The number of hydrogen-bond acceptors (Lipinski definition) is 1. The second-order valence-electron chi connectivity index (χ2n) is 4.36. The van der Waals surface area contributed by atoms with Crippen LogP contribution >= 0.6 is 0 Å². The van der Waals surface area contributed by atoms with Crippen LogP contribution < -0.4 is 0 Å². The van der Waals surface area contributed by atoms with E-state index in [0.717, 1.165) is 12.0 Å². The second-order valence-corrected chi connectivity index (χ2v) is 4.36. The summed E-state index contributed by atoms with van der Waals surface area (Å²) in [5, 5.41) is 0. The molecule has 0 radical (unpaired) electrons. The summed E-state index contributed by atoms with van der Waals surface area (Å²) in [6.07, 6.45) is 5.68. The lowest BCUT2D eigenvalue weighted by Crippen LogP contribution is -2.34. The number of likely N-dealkylation sites (tertiary alicyclic amines) is 1. The van der Waals surface area contributed by atoms with Crippen LogP contribution in [0.3, 0.4) is 0 Å². The van der Waals surface area contributed by atoms with Gasteiger partial charge in [0.05, 0.1) is 0 Å². The van der Waals surface area contributed by atoms with E-state index in [1.54, 1.807) is 0 Å². The number of nitrogens with zero attached hydrogens (tertiary/aromatic N) is 1. The highest BCUT2D eigenvalue weighted by atomic mass is 15.1. The van der Waals surface area contributed by atoms with Gasteiger partial charge in [-0.1, -0.05) is 33.6 Å². The minimum atomic E-state index is 0.747. The Balaban J connectivity index is 0.000000791. The van der Waals surface area contributed by atoms with Gasteiger partial charge in [-0.3, -0.25) is 0 Å². The van der Waals surface area contributed by atoms with Gasteiger partial charge in [0.1, 0.15) is 0 Å². The summed E-state index contributed by atoms with van der Waals surface area (Å²) in [5.41, 5.74) is 0. The highest BCUT2D eigenvalue weighted by Crippen LogP contribution is 2.20. The van der Waals surface area contributed by atoms with Gasteiger partial charge in [-0.2, -0.15) is 0 Å². The van der Waals surface area contributed by atoms with Gasteiger partial charge in [0.25, 0.3) is 0 Å². The number of hydrogen-bond donors (Lipinski definition) is 0. The molecule has 14 heavy (non-hydrogen) atoms. The fraction of sp³-hybridized carbons (Fsp3) is 1.00. The van der Waals surface area contributed by atoms with Crippen molar-refractivity contribution in [3.05, 3.63) is 0 Å². The van der Waals surface area contributed by atoms with Gasteiger partial charge >= 0.3 is 0 Å². The molecular weight excluding hydrogens is 170 g/mol. The summed E-state index contributed by atoms with van der Waals surface area (Å²) in [6, 6.07) is 0.747. The van der Waals surface area contributed by atoms with E-state index in [0.29, 0.717) is 0 Å². The summed E-state index contributed by atoms with van der Waals surface area (Å²) >= 11 is 0. The molecule has 1 heterocycles. The van der Waals surface area contributed by atoms with Crippen molar-refractivity contribution in [2.75, 3.05) is 13.1 Å². The first-order valence-corrected chi connectivity index (χ1v) is 6.48. The lowest BCUT2D eigenvalue weighted by atomic mass is 10.0. The zero-order valence-corrected chi connectivity index (χ0v) is 10.8. The fourth-order valence-corrected chi connectivity index (χ4v) is 2.06. The molecule has 0 aliphatic carbocycles. The van der Waals surface area contributed by atoms with Crippen LogP contribution in [0.4, 0.5) is 0 Å². The van der Waals surface area contributed by atoms with Crippen molar-refractivity contribution >= 4 is 0 Å².